The highest BCUT2D eigenvalue weighted by atomic mass is 16.5. The first-order valence-corrected chi connectivity index (χ1v) is 8.05. The molecule has 1 fully saturated rings. The van der Waals surface area contributed by atoms with E-state index in [0.29, 0.717) is 41.6 Å². The van der Waals surface area contributed by atoms with Crippen molar-refractivity contribution in [2.45, 2.75) is 12.5 Å². The molecule has 1 aliphatic rings. The molecule has 4 rings (SSSR count). The number of imidazole rings is 1. The number of nitrogens with two attached hydrogens (primary N) is 1. The van der Waals surface area contributed by atoms with E-state index >= 15 is 0 Å². The Balaban J connectivity index is 1.62. The minimum atomic E-state index is -0.546. The highest BCUT2D eigenvalue weighted by molar-refractivity contribution is 5.92. The molecule has 0 aliphatic carbocycles. The minimum absolute atomic E-state index is 0.0145. The zero-order valence-corrected chi connectivity index (χ0v) is 13.8. The van der Waals surface area contributed by atoms with Crippen LogP contribution in [-0.4, -0.2) is 44.8 Å². The SMILES string of the molecule is NC(=O)c1cncc(C#Cc2cnc3ccc(OC4CCOC4)nn23)c1. The Bertz CT molecular complexity index is 1030. The Morgan fingerprint density at radius 1 is 1.31 bits per heavy atom. The van der Waals surface area contributed by atoms with E-state index in [2.05, 4.69) is 26.9 Å². The second-order valence-electron chi connectivity index (χ2n) is 5.77. The summed E-state index contributed by atoms with van der Waals surface area (Å²) in [6.07, 6.45) is 5.45. The Morgan fingerprint density at radius 2 is 2.23 bits per heavy atom. The van der Waals surface area contributed by atoms with Crippen molar-refractivity contribution in [2.75, 3.05) is 13.2 Å². The molecule has 8 heteroatoms. The van der Waals surface area contributed by atoms with Crippen molar-refractivity contribution < 1.29 is 14.3 Å². The number of fused-ring (bicyclic) bond motifs is 1. The molecular formula is C18H15N5O3. The Labute approximate surface area is 149 Å². The zero-order chi connectivity index (χ0) is 17.9. The van der Waals surface area contributed by atoms with Crippen LogP contribution in [0.25, 0.3) is 5.65 Å². The average molecular weight is 349 g/mol. The van der Waals surface area contributed by atoms with E-state index in [-0.39, 0.29) is 6.10 Å². The second-order valence-corrected chi connectivity index (χ2v) is 5.77. The van der Waals surface area contributed by atoms with E-state index in [1.54, 1.807) is 29.0 Å². The van der Waals surface area contributed by atoms with Crippen LogP contribution in [0.4, 0.5) is 0 Å². The van der Waals surface area contributed by atoms with Crippen LogP contribution in [0.5, 0.6) is 5.88 Å². The molecule has 130 valence electrons. The van der Waals surface area contributed by atoms with E-state index in [1.165, 1.54) is 6.20 Å². The first kappa shape index (κ1) is 16.1. The average Bonchev–Trinajstić information content (AvgIpc) is 3.30. The van der Waals surface area contributed by atoms with Gasteiger partial charge in [0, 0.05) is 30.4 Å². The maximum absolute atomic E-state index is 11.2. The lowest BCUT2D eigenvalue weighted by Gasteiger charge is -2.10. The second kappa shape index (κ2) is 6.82. The smallest absolute Gasteiger partial charge is 0.250 e. The number of aromatic nitrogens is 4. The molecule has 4 heterocycles. The van der Waals surface area contributed by atoms with Gasteiger partial charge in [-0.2, -0.15) is 0 Å². The van der Waals surface area contributed by atoms with Gasteiger partial charge in [-0.25, -0.2) is 9.50 Å². The summed E-state index contributed by atoms with van der Waals surface area (Å²) in [4.78, 5) is 19.5. The third-order valence-corrected chi connectivity index (χ3v) is 3.87. The summed E-state index contributed by atoms with van der Waals surface area (Å²) in [7, 11) is 0. The van der Waals surface area contributed by atoms with Gasteiger partial charge in [-0.3, -0.25) is 9.78 Å². The van der Waals surface area contributed by atoms with E-state index < -0.39 is 5.91 Å². The van der Waals surface area contributed by atoms with Crippen molar-refractivity contribution in [1.82, 2.24) is 19.6 Å². The molecule has 0 aromatic carbocycles. The largest absolute Gasteiger partial charge is 0.471 e. The van der Waals surface area contributed by atoms with E-state index in [9.17, 15) is 4.79 Å². The van der Waals surface area contributed by atoms with Crippen molar-refractivity contribution in [1.29, 1.82) is 0 Å². The van der Waals surface area contributed by atoms with E-state index in [1.807, 2.05) is 6.07 Å². The summed E-state index contributed by atoms with van der Waals surface area (Å²) in [6, 6.07) is 5.18. The molecule has 0 bridgehead atoms. The molecule has 8 nitrogen and oxygen atoms in total. The number of carbonyl (C=O) groups excluding carboxylic acids is 1. The fraction of sp³-hybridized carbons (Fsp3) is 0.222. The molecule has 26 heavy (non-hydrogen) atoms. The van der Waals surface area contributed by atoms with Crippen LogP contribution in [-0.2, 0) is 4.74 Å². The lowest BCUT2D eigenvalue weighted by Crippen LogP contribution is -2.17. The van der Waals surface area contributed by atoms with E-state index in [0.717, 1.165) is 6.42 Å². The molecule has 1 atom stereocenters. The van der Waals surface area contributed by atoms with Crippen molar-refractivity contribution in [3.63, 3.8) is 0 Å². The number of ether oxygens (including phenoxy) is 2. The molecular weight excluding hydrogens is 334 g/mol. The highest BCUT2D eigenvalue weighted by Gasteiger charge is 2.18. The van der Waals surface area contributed by atoms with Crippen LogP contribution in [0.1, 0.15) is 28.0 Å². The summed E-state index contributed by atoms with van der Waals surface area (Å²) in [6.45, 7) is 1.27. The zero-order valence-electron chi connectivity index (χ0n) is 13.8. The number of hydrogen-bond acceptors (Lipinski definition) is 6. The van der Waals surface area contributed by atoms with Crippen LogP contribution < -0.4 is 10.5 Å². The third kappa shape index (κ3) is 3.34. The molecule has 2 N–H and O–H groups in total. The first-order chi connectivity index (χ1) is 12.7. The number of amides is 1. The van der Waals surface area contributed by atoms with Gasteiger partial charge in [0.25, 0.3) is 0 Å². The number of pyridine rings is 1. The molecule has 1 amide bonds. The summed E-state index contributed by atoms with van der Waals surface area (Å²) in [5.74, 6) is 5.88. The van der Waals surface area contributed by atoms with Crippen molar-refractivity contribution in [3.05, 3.63) is 53.6 Å². The van der Waals surface area contributed by atoms with Gasteiger partial charge in [0.2, 0.25) is 11.8 Å². The monoisotopic (exact) mass is 349 g/mol. The maximum atomic E-state index is 11.2. The Kier molecular flexibility index (Phi) is 4.21. The molecule has 1 aliphatic heterocycles. The van der Waals surface area contributed by atoms with Crippen molar-refractivity contribution in [2.24, 2.45) is 5.73 Å². The highest BCUT2D eigenvalue weighted by Crippen LogP contribution is 2.15. The van der Waals surface area contributed by atoms with Gasteiger partial charge < -0.3 is 15.2 Å². The van der Waals surface area contributed by atoms with Gasteiger partial charge >= 0.3 is 0 Å². The van der Waals surface area contributed by atoms with Gasteiger partial charge in [-0.05, 0) is 18.1 Å². The maximum Gasteiger partial charge on any atom is 0.250 e. The fourth-order valence-corrected chi connectivity index (χ4v) is 2.56. The number of rotatable bonds is 3. The van der Waals surface area contributed by atoms with Gasteiger partial charge in [-0.15, -0.1) is 5.10 Å². The topological polar surface area (TPSA) is 105 Å². The summed E-state index contributed by atoms with van der Waals surface area (Å²) in [5, 5.41) is 4.44. The fourth-order valence-electron chi connectivity index (χ4n) is 2.56. The number of carbonyl (C=O) groups is 1. The number of primary amides is 1. The standard InChI is InChI=1S/C18H15N5O3/c19-18(24)13-7-12(8-20-9-13)1-2-14-10-21-16-3-4-17(22-23(14)16)26-15-5-6-25-11-15/h3-4,7-10,15H,5-6,11H2,(H2,19,24). The van der Waals surface area contributed by atoms with Crippen LogP contribution in [0.15, 0.2) is 36.8 Å². The van der Waals surface area contributed by atoms with E-state index in [4.69, 9.17) is 15.2 Å². The van der Waals surface area contributed by atoms with Crippen LogP contribution in [0, 0.1) is 11.8 Å². The van der Waals surface area contributed by atoms with Gasteiger partial charge in [0.1, 0.15) is 11.8 Å². The number of nitrogens with zero attached hydrogens (tertiary/aromatic N) is 4. The lowest BCUT2D eigenvalue weighted by molar-refractivity contribution is 0.1000. The predicted molar refractivity (Wildman–Crippen MR) is 91.6 cm³/mol. The molecule has 0 radical (unpaired) electrons. The van der Waals surface area contributed by atoms with Gasteiger partial charge in [0.15, 0.2) is 5.65 Å². The molecule has 3 aromatic rings. The minimum Gasteiger partial charge on any atom is -0.471 e. The Morgan fingerprint density at radius 3 is 3.04 bits per heavy atom. The normalized spacial score (nSPS) is 16.2. The van der Waals surface area contributed by atoms with Crippen LogP contribution >= 0.6 is 0 Å². The van der Waals surface area contributed by atoms with Crippen LogP contribution in [0.2, 0.25) is 0 Å². The molecule has 0 spiro atoms. The van der Waals surface area contributed by atoms with Gasteiger partial charge in [0.05, 0.1) is 25.0 Å². The third-order valence-electron chi connectivity index (χ3n) is 3.87. The summed E-state index contributed by atoms with van der Waals surface area (Å²) >= 11 is 0. The summed E-state index contributed by atoms with van der Waals surface area (Å²) < 4.78 is 12.7. The Hall–Kier alpha value is -3.44. The van der Waals surface area contributed by atoms with Crippen LogP contribution in [0.3, 0.4) is 0 Å². The number of hydrogen-bond donors (Lipinski definition) is 1. The molecule has 1 saturated heterocycles. The molecule has 1 unspecified atom stereocenters. The van der Waals surface area contributed by atoms with Crippen molar-refractivity contribution in [3.8, 4) is 17.7 Å². The quantitative estimate of drug-likeness (QED) is 0.701. The van der Waals surface area contributed by atoms with Crippen molar-refractivity contribution >= 4 is 11.6 Å². The predicted octanol–water partition coefficient (Wildman–Crippen LogP) is 0.791. The van der Waals surface area contributed by atoms with Gasteiger partial charge in [-0.1, -0.05) is 5.92 Å². The molecule has 3 aromatic heterocycles. The molecule has 0 saturated carbocycles. The lowest BCUT2D eigenvalue weighted by atomic mass is 10.2. The summed E-state index contributed by atoms with van der Waals surface area (Å²) in [5.41, 5.74) is 7.40. The first-order valence-electron chi connectivity index (χ1n) is 8.05.